The first kappa shape index (κ1) is 9.90. The highest BCUT2D eigenvalue weighted by Crippen LogP contribution is 2.23. The molecule has 3 nitrogen and oxygen atoms in total. The summed E-state index contributed by atoms with van der Waals surface area (Å²) in [7, 11) is 0. The van der Waals surface area contributed by atoms with E-state index in [0.717, 1.165) is 16.7 Å². The Morgan fingerprint density at radius 3 is 2.40 bits per heavy atom. The second-order valence-corrected chi connectivity index (χ2v) is 4.70. The molecule has 0 aliphatic heterocycles. The van der Waals surface area contributed by atoms with Gasteiger partial charge in [-0.25, -0.2) is 9.97 Å². The smallest absolute Gasteiger partial charge is 0.136 e. The van der Waals surface area contributed by atoms with Crippen LogP contribution in [-0.4, -0.2) is 9.97 Å². The van der Waals surface area contributed by atoms with E-state index in [-0.39, 0.29) is 5.41 Å². The van der Waals surface area contributed by atoms with Crippen molar-refractivity contribution < 1.29 is 0 Å². The number of aromatic nitrogens is 2. The number of nitrogens with zero attached hydrogens (tertiary/aromatic N) is 2. The minimum atomic E-state index is -0.0713. The van der Waals surface area contributed by atoms with E-state index in [1.807, 2.05) is 24.3 Å². The lowest BCUT2D eigenvalue weighted by molar-refractivity contribution is 0.549. The second kappa shape index (κ2) is 3.19. The van der Waals surface area contributed by atoms with Gasteiger partial charge in [-0.1, -0.05) is 32.9 Å². The highest BCUT2D eigenvalue weighted by atomic mass is 15.0. The predicted octanol–water partition coefficient (Wildman–Crippen LogP) is 2.51. The number of para-hydroxylation sites is 1. The molecule has 15 heavy (non-hydrogen) atoms. The van der Waals surface area contributed by atoms with Crippen LogP contribution in [0.15, 0.2) is 24.3 Å². The molecule has 0 saturated heterocycles. The van der Waals surface area contributed by atoms with Crippen molar-refractivity contribution in [3.05, 3.63) is 30.1 Å². The number of fused-ring (bicyclic) bond motifs is 1. The Morgan fingerprint density at radius 2 is 1.73 bits per heavy atom. The molecule has 0 unspecified atom stereocenters. The number of benzene rings is 1. The Labute approximate surface area is 89.4 Å². The molecular formula is C12H15N3. The number of hydrogen-bond donors (Lipinski definition) is 1. The molecule has 0 saturated carbocycles. The normalized spacial score (nSPS) is 11.9. The molecule has 0 fully saturated rings. The van der Waals surface area contributed by atoms with E-state index in [0.29, 0.717) is 5.82 Å². The lowest BCUT2D eigenvalue weighted by Gasteiger charge is -2.17. The Balaban J connectivity index is 2.73. The van der Waals surface area contributed by atoms with E-state index in [1.165, 1.54) is 0 Å². The van der Waals surface area contributed by atoms with Crippen molar-refractivity contribution in [2.75, 3.05) is 5.73 Å². The van der Waals surface area contributed by atoms with Crippen LogP contribution in [0.5, 0.6) is 0 Å². The third-order valence-corrected chi connectivity index (χ3v) is 2.30. The zero-order valence-corrected chi connectivity index (χ0v) is 9.28. The summed E-state index contributed by atoms with van der Waals surface area (Å²) in [4.78, 5) is 8.86. The summed E-state index contributed by atoms with van der Waals surface area (Å²) in [6.45, 7) is 6.24. The number of nitrogen functional groups attached to an aromatic ring is 1. The van der Waals surface area contributed by atoms with E-state index in [1.54, 1.807) is 0 Å². The molecule has 2 aromatic rings. The van der Waals surface area contributed by atoms with Crippen molar-refractivity contribution in [1.29, 1.82) is 0 Å². The van der Waals surface area contributed by atoms with Gasteiger partial charge in [0.2, 0.25) is 0 Å². The van der Waals surface area contributed by atoms with Gasteiger partial charge in [0.15, 0.2) is 0 Å². The maximum Gasteiger partial charge on any atom is 0.136 e. The summed E-state index contributed by atoms with van der Waals surface area (Å²) < 4.78 is 0. The fourth-order valence-corrected chi connectivity index (χ4v) is 1.44. The van der Waals surface area contributed by atoms with Crippen LogP contribution in [-0.2, 0) is 5.41 Å². The van der Waals surface area contributed by atoms with E-state index < -0.39 is 0 Å². The van der Waals surface area contributed by atoms with Gasteiger partial charge in [0, 0.05) is 10.8 Å². The van der Waals surface area contributed by atoms with Crippen LogP contribution in [0.4, 0.5) is 5.82 Å². The zero-order chi connectivity index (χ0) is 11.1. The largest absolute Gasteiger partial charge is 0.383 e. The van der Waals surface area contributed by atoms with E-state index in [2.05, 4.69) is 30.7 Å². The molecule has 78 valence electrons. The molecule has 1 aromatic heterocycles. The molecule has 3 heteroatoms. The average Bonchev–Trinajstić information content (AvgIpc) is 2.16. The van der Waals surface area contributed by atoms with Gasteiger partial charge in [-0.3, -0.25) is 0 Å². The fourth-order valence-electron chi connectivity index (χ4n) is 1.44. The maximum atomic E-state index is 5.90. The summed E-state index contributed by atoms with van der Waals surface area (Å²) in [5, 5.41) is 0.922. The van der Waals surface area contributed by atoms with Crippen molar-refractivity contribution in [2.45, 2.75) is 26.2 Å². The first-order valence-electron chi connectivity index (χ1n) is 5.01. The minimum absolute atomic E-state index is 0.0713. The van der Waals surface area contributed by atoms with Crippen molar-refractivity contribution in [3.63, 3.8) is 0 Å². The summed E-state index contributed by atoms with van der Waals surface area (Å²) in [6.07, 6.45) is 0. The molecule has 0 aliphatic carbocycles. The van der Waals surface area contributed by atoms with Gasteiger partial charge in [-0.2, -0.15) is 0 Å². The molecule has 1 heterocycles. The van der Waals surface area contributed by atoms with Crippen LogP contribution < -0.4 is 5.73 Å². The van der Waals surface area contributed by atoms with Crippen LogP contribution in [0, 0.1) is 0 Å². The van der Waals surface area contributed by atoms with Gasteiger partial charge in [0.05, 0.1) is 5.52 Å². The van der Waals surface area contributed by atoms with Crippen LogP contribution in [0.3, 0.4) is 0 Å². The van der Waals surface area contributed by atoms with E-state index >= 15 is 0 Å². The summed E-state index contributed by atoms with van der Waals surface area (Å²) >= 11 is 0. The third-order valence-electron chi connectivity index (χ3n) is 2.30. The van der Waals surface area contributed by atoms with Crippen molar-refractivity contribution in [3.8, 4) is 0 Å². The van der Waals surface area contributed by atoms with Crippen LogP contribution in [0.2, 0.25) is 0 Å². The topological polar surface area (TPSA) is 51.8 Å². The van der Waals surface area contributed by atoms with Gasteiger partial charge in [-0.15, -0.1) is 0 Å². The predicted molar refractivity (Wildman–Crippen MR) is 62.7 cm³/mol. The lowest BCUT2D eigenvalue weighted by atomic mass is 9.95. The number of rotatable bonds is 0. The van der Waals surface area contributed by atoms with Gasteiger partial charge >= 0.3 is 0 Å². The quantitative estimate of drug-likeness (QED) is 0.712. The van der Waals surface area contributed by atoms with Crippen LogP contribution in [0.1, 0.15) is 26.6 Å². The molecular weight excluding hydrogens is 186 g/mol. The Kier molecular flexibility index (Phi) is 2.11. The van der Waals surface area contributed by atoms with Crippen molar-refractivity contribution >= 4 is 16.7 Å². The highest BCUT2D eigenvalue weighted by Gasteiger charge is 2.18. The summed E-state index contributed by atoms with van der Waals surface area (Å²) in [6, 6.07) is 7.81. The molecule has 0 amide bonds. The molecule has 0 spiro atoms. The average molecular weight is 201 g/mol. The van der Waals surface area contributed by atoms with Gasteiger partial charge < -0.3 is 5.73 Å². The van der Waals surface area contributed by atoms with E-state index in [9.17, 15) is 0 Å². The minimum Gasteiger partial charge on any atom is -0.383 e. The second-order valence-electron chi connectivity index (χ2n) is 4.70. The summed E-state index contributed by atoms with van der Waals surface area (Å²) in [5.74, 6) is 1.35. The van der Waals surface area contributed by atoms with Gasteiger partial charge in [0.1, 0.15) is 11.6 Å². The third kappa shape index (κ3) is 1.77. The number of anilines is 1. The molecule has 0 aliphatic rings. The van der Waals surface area contributed by atoms with Crippen molar-refractivity contribution in [1.82, 2.24) is 9.97 Å². The maximum absolute atomic E-state index is 5.90. The van der Waals surface area contributed by atoms with Gasteiger partial charge in [-0.05, 0) is 12.1 Å². The fraction of sp³-hybridized carbons (Fsp3) is 0.333. The Hall–Kier alpha value is -1.64. The molecule has 0 bridgehead atoms. The number of nitrogens with two attached hydrogens (primary N) is 1. The Morgan fingerprint density at radius 1 is 1.07 bits per heavy atom. The Bertz CT molecular complexity index is 498. The van der Waals surface area contributed by atoms with Crippen LogP contribution >= 0.6 is 0 Å². The molecule has 0 atom stereocenters. The molecule has 1 aromatic carbocycles. The summed E-state index contributed by atoms with van der Waals surface area (Å²) in [5.41, 5.74) is 6.74. The van der Waals surface area contributed by atoms with Crippen LogP contribution in [0.25, 0.3) is 10.9 Å². The van der Waals surface area contributed by atoms with E-state index in [4.69, 9.17) is 5.73 Å². The lowest BCUT2D eigenvalue weighted by Crippen LogP contribution is -2.17. The zero-order valence-electron chi connectivity index (χ0n) is 9.28. The van der Waals surface area contributed by atoms with Crippen molar-refractivity contribution in [2.24, 2.45) is 0 Å². The molecule has 2 N–H and O–H groups in total. The monoisotopic (exact) mass is 201 g/mol. The first-order valence-corrected chi connectivity index (χ1v) is 5.01. The first-order chi connectivity index (χ1) is 6.98. The number of hydrogen-bond acceptors (Lipinski definition) is 3. The standard InChI is InChI=1S/C12H15N3/c1-12(2,3)11-14-9-7-5-4-6-8(9)10(13)15-11/h4-7H,1-3H3,(H2,13,14,15). The molecule has 0 radical (unpaired) electrons. The van der Waals surface area contributed by atoms with Gasteiger partial charge in [0.25, 0.3) is 0 Å². The molecule has 2 rings (SSSR count). The highest BCUT2D eigenvalue weighted by molar-refractivity contribution is 5.87. The SMILES string of the molecule is CC(C)(C)c1nc(N)c2ccccc2n1.